The maximum atomic E-state index is 5.20. The minimum Gasteiger partial charge on any atom is -0.380 e. The maximum absolute atomic E-state index is 5.20. The molecule has 0 bridgehead atoms. The largest absolute Gasteiger partial charge is 0.380 e. The summed E-state index contributed by atoms with van der Waals surface area (Å²) in [6.45, 7) is 0.659. The first-order valence-corrected chi connectivity index (χ1v) is 7.91. The maximum Gasteiger partial charge on any atom is 0.0713 e. The third kappa shape index (κ3) is 3.00. The van der Waals surface area contributed by atoms with Gasteiger partial charge in [-0.2, -0.15) is 0 Å². The van der Waals surface area contributed by atoms with E-state index in [4.69, 9.17) is 4.74 Å². The van der Waals surface area contributed by atoms with Gasteiger partial charge < -0.3 is 10.1 Å². The van der Waals surface area contributed by atoms with Crippen LogP contribution in [0.15, 0.2) is 53.4 Å². The SMILES string of the molecule is COCc1cccc(NC2CCSc3ccccc32)c1. The first-order chi connectivity index (χ1) is 9.86. The lowest BCUT2D eigenvalue weighted by molar-refractivity contribution is 0.185. The molecule has 0 aliphatic carbocycles. The zero-order valence-corrected chi connectivity index (χ0v) is 12.5. The molecular weight excluding hydrogens is 266 g/mol. The topological polar surface area (TPSA) is 21.3 Å². The Hall–Kier alpha value is -1.45. The van der Waals surface area contributed by atoms with Crippen molar-refractivity contribution in [2.45, 2.75) is 24.0 Å². The molecule has 2 aromatic carbocycles. The first-order valence-electron chi connectivity index (χ1n) is 6.93. The van der Waals surface area contributed by atoms with Crippen LogP contribution in [0.25, 0.3) is 0 Å². The summed E-state index contributed by atoms with van der Waals surface area (Å²) in [5.74, 6) is 1.17. The third-order valence-electron chi connectivity index (χ3n) is 3.54. The van der Waals surface area contributed by atoms with E-state index in [1.54, 1.807) is 7.11 Å². The molecule has 0 amide bonds. The van der Waals surface area contributed by atoms with E-state index < -0.39 is 0 Å². The number of benzene rings is 2. The van der Waals surface area contributed by atoms with Crippen molar-refractivity contribution in [1.82, 2.24) is 0 Å². The molecule has 104 valence electrons. The lowest BCUT2D eigenvalue weighted by Crippen LogP contribution is -2.16. The highest BCUT2D eigenvalue weighted by Crippen LogP contribution is 2.37. The predicted molar refractivity (Wildman–Crippen MR) is 85.3 cm³/mol. The van der Waals surface area contributed by atoms with Gasteiger partial charge in [-0.25, -0.2) is 0 Å². The van der Waals surface area contributed by atoms with Gasteiger partial charge in [-0.15, -0.1) is 11.8 Å². The van der Waals surface area contributed by atoms with E-state index in [0.29, 0.717) is 12.6 Å². The molecule has 2 aromatic rings. The van der Waals surface area contributed by atoms with Crippen molar-refractivity contribution in [1.29, 1.82) is 0 Å². The van der Waals surface area contributed by atoms with Crippen molar-refractivity contribution in [3.8, 4) is 0 Å². The number of methoxy groups -OCH3 is 1. The lowest BCUT2D eigenvalue weighted by atomic mass is 10.0. The molecule has 1 aliphatic rings. The molecule has 0 radical (unpaired) electrons. The van der Waals surface area contributed by atoms with Crippen molar-refractivity contribution >= 4 is 17.4 Å². The third-order valence-corrected chi connectivity index (χ3v) is 4.66. The zero-order chi connectivity index (χ0) is 13.8. The summed E-state index contributed by atoms with van der Waals surface area (Å²) in [6, 6.07) is 17.6. The number of ether oxygens (including phenoxy) is 1. The quantitative estimate of drug-likeness (QED) is 0.894. The van der Waals surface area contributed by atoms with Crippen LogP contribution in [0, 0.1) is 0 Å². The Morgan fingerprint density at radius 3 is 3.00 bits per heavy atom. The molecular formula is C17H19NOS. The highest BCUT2D eigenvalue weighted by atomic mass is 32.2. The number of hydrogen-bond donors (Lipinski definition) is 1. The Labute approximate surface area is 124 Å². The number of thioether (sulfide) groups is 1. The van der Waals surface area contributed by atoms with Crippen molar-refractivity contribution in [2.75, 3.05) is 18.2 Å². The van der Waals surface area contributed by atoms with E-state index in [1.807, 2.05) is 11.8 Å². The summed E-state index contributed by atoms with van der Waals surface area (Å²) in [4.78, 5) is 1.41. The van der Waals surface area contributed by atoms with Crippen LogP contribution in [0.4, 0.5) is 5.69 Å². The van der Waals surface area contributed by atoms with E-state index >= 15 is 0 Å². The van der Waals surface area contributed by atoms with Gasteiger partial charge in [0.05, 0.1) is 12.6 Å². The van der Waals surface area contributed by atoms with Gasteiger partial charge in [0.1, 0.15) is 0 Å². The fourth-order valence-corrected chi connectivity index (χ4v) is 3.74. The van der Waals surface area contributed by atoms with Crippen LogP contribution < -0.4 is 5.32 Å². The minimum absolute atomic E-state index is 0.408. The average Bonchev–Trinajstić information content (AvgIpc) is 2.48. The Morgan fingerprint density at radius 1 is 1.20 bits per heavy atom. The van der Waals surface area contributed by atoms with Gasteiger partial charge in [0.15, 0.2) is 0 Å². The second-order valence-corrected chi connectivity index (χ2v) is 6.14. The number of hydrogen-bond acceptors (Lipinski definition) is 3. The van der Waals surface area contributed by atoms with Gasteiger partial charge in [0.2, 0.25) is 0 Å². The number of nitrogens with one attached hydrogen (secondary N) is 1. The zero-order valence-electron chi connectivity index (χ0n) is 11.6. The minimum atomic E-state index is 0.408. The molecule has 0 spiro atoms. The number of fused-ring (bicyclic) bond motifs is 1. The lowest BCUT2D eigenvalue weighted by Gasteiger charge is -2.27. The summed E-state index contributed by atoms with van der Waals surface area (Å²) in [5.41, 5.74) is 3.79. The van der Waals surface area contributed by atoms with Crippen molar-refractivity contribution < 1.29 is 4.74 Å². The molecule has 20 heavy (non-hydrogen) atoms. The van der Waals surface area contributed by atoms with Crippen LogP contribution in [-0.4, -0.2) is 12.9 Å². The summed E-state index contributed by atoms with van der Waals surface area (Å²) < 4.78 is 5.20. The molecule has 0 fully saturated rings. The van der Waals surface area contributed by atoms with E-state index in [2.05, 4.69) is 53.8 Å². The highest BCUT2D eigenvalue weighted by molar-refractivity contribution is 7.99. The summed E-state index contributed by atoms with van der Waals surface area (Å²) in [6.07, 6.45) is 1.16. The van der Waals surface area contributed by atoms with E-state index in [-0.39, 0.29) is 0 Å². The predicted octanol–water partition coefficient (Wildman–Crippen LogP) is 4.48. The summed E-state index contributed by atoms with van der Waals surface area (Å²) >= 11 is 1.95. The Morgan fingerprint density at radius 2 is 2.10 bits per heavy atom. The van der Waals surface area contributed by atoms with Gasteiger partial charge in [0, 0.05) is 23.4 Å². The van der Waals surface area contributed by atoms with Crippen molar-refractivity contribution in [3.63, 3.8) is 0 Å². The number of rotatable bonds is 4. The molecule has 1 heterocycles. The normalized spacial score (nSPS) is 17.6. The monoisotopic (exact) mass is 285 g/mol. The molecule has 1 aliphatic heterocycles. The molecule has 3 heteroatoms. The smallest absolute Gasteiger partial charge is 0.0713 e. The van der Waals surface area contributed by atoms with E-state index in [0.717, 1.165) is 6.42 Å². The van der Waals surface area contributed by atoms with Gasteiger partial charge >= 0.3 is 0 Å². The van der Waals surface area contributed by atoms with Crippen LogP contribution in [0.1, 0.15) is 23.6 Å². The van der Waals surface area contributed by atoms with Crippen LogP contribution in [0.3, 0.4) is 0 Å². The van der Waals surface area contributed by atoms with Gasteiger partial charge in [-0.1, -0.05) is 30.3 Å². The molecule has 0 aromatic heterocycles. The molecule has 3 rings (SSSR count). The van der Waals surface area contributed by atoms with E-state index in [1.165, 1.54) is 27.5 Å². The average molecular weight is 285 g/mol. The molecule has 2 nitrogen and oxygen atoms in total. The first kappa shape index (κ1) is 13.5. The standard InChI is InChI=1S/C17H19NOS/c1-19-12-13-5-4-6-14(11-13)18-16-9-10-20-17-8-3-2-7-15(16)17/h2-8,11,16,18H,9-10,12H2,1H3. The van der Waals surface area contributed by atoms with Crippen LogP contribution in [0.2, 0.25) is 0 Å². The molecule has 1 atom stereocenters. The second-order valence-electron chi connectivity index (χ2n) is 5.01. The second kappa shape index (κ2) is 6.33. The molecule has 1 unspecified atom stereocenters. The molecule has 1 N–H and O–H groups in total. The Balaban J connectivity index is 1.80. The fraction of sp³-hybridized carbons (Fsp3) is 0.294. The van der Waals surface area contributed by atoms with Gasteiger partial charge in [-0.3, -0.25) is 0 Å². The van der Waals surface area contributed by atoms with Gasteiger partial charge in [-0.05, 0) is 35.7 Å². The van der Waals surface area contributed by atoms with Crippen molar-refractivity contribution in [2.24, 2.45) is 0 Å². The Bertz CT molecular complexity index is 585. The number of anilines is 1. The van der Waals surface area contributed by atoms with E-state index in [9.17, 15) is 0 Å². The Kier molecular flexibility index (Phi) is 4.28. The fourth-order valence-electron chi connectivity index (χ4n) is 2.61. The molecule has 0 saturated carbocycles. The summed E-state index contributed by atoms with van der Waals surface area (Å²) in [7, 11) is 1.73. The van der Waals surface area contributed by atoms with Crippen LogP contribution in [0.5, 0.6) is 0 Å². The highest BCUT2D eigenvalue weighted by Gasteiger charge is 2.19. The van der Waals surface area contributed by atoms with Crippen LogP contribution in [-0.2, 0) is 11.3 Å². The van der Waals surface area contributed by atoms with Gasteiger partial charge in [0.25, 0.3) is 0 Å². The summed E-state index contributed by atoms with van der Waals surface area (Å²) in [5, 5.41) is 3.67. The van der Waals surface area contributed by atoms with Crippen molar-refractivity contribution in [3.05, 3.63) is 59.7 Å². The van der Waals surface area contributed by atoms with Crippen LogP contribution >= 0.6 is 11.8 Å². The molecule has 0 saturated heterocycles.